The van der Waals surface area contributed by atoms with Gasteiger partial charge in [0, 0.05) is 0 Å². The maximum atomic E-state index is 7.23. The minimum Gasteiger partial charge on any atom is -0.456 e. The van der Waals surface area contributed by atoms with Crippen molar-refractivity contribution in [2.45, 2.75) is 6.92 Å². The van der Waals surface area contributed by atoms with Gasteiger partial charge in [-0.25, -0.2) is 4.98 Å². The first-order valence-corrected chi connectivity index (χ1v) is 5.20. The van der Waals surface area contributed by atoms with E-state index in [2.05, 4.69) is 4.98 Å². The number of nitrogens with one attached hydrogen (secondary N) is 1. The van der Waals surface area contributed by atoms with Crippen molar-refractivity contribution < 1.29 is 4.74 Å². The first-order chi connectivity index (χ1) is 8.15. The Balaban J connectivity index is 2.16. The summed E-state index contributed by atoms with van der Waals surface area (Å²) in [7, 11) is 0. The summed E-state index contributed by atoms with van der Waals surface area (Å²) < 4.78 is 5.62. The second kappa shape index (κ2) is 4.65. The van der Waals surface area contributed by atoms with E-state index in [1.54, 1.807) is 18.3 Å². The molecule has 1 aromatic heterocycles. The van der Waals surface area contributed by atoms with Gasteiger partial charge in [-0.15, -0.1) is 0 Å². The lowest BCUT2D eigenvalue weighted by molar-refractivity contribution is 0.480. The van der Waals surface area contributed by atoms with E-state index in [4.69, 9.17) is 15.9 Å². The quantitative estimate of drug-likeness (QED) is 0.625. The van der Waals surface area contributed by atoms with Crippen LogP contribution in [0.3, 0.4) is 0 Å². The van der Waals surface area contributed by atoms with Gasteiger partial charge < -0.3 is 10.5 Å². The van der Waals surface area contributed by atoms with Crippen LogP contribution in [0.2, 0.25) is 0 Å². The maximum absolute atomic E-state index is 7.23. The molecule has 2 rings (SSSR count). The van der Waals surface area contributed by atoms with Crippen molar-refractivity contribution in [2.24, 2.45) is 5.73 Å². The Morgan fingerprint density at radius 2 is 2.06 bits per heavy atom. The number of hydrogen-bond donors (Lipinski definition) is 2. The van der Waals surface area contributed by atoms with E-state index in [1.165, 1.54) is 0 Å². The molecule has 0 fully saturated rings. The molecule has 3 N–H and O–H groups in total. The summed E-state index contributed by atoms with van der Waals surface area (Å²) >= 11 is 0. The Morgan fingerprint density at radius 1 is 1.24 bits per heavy atom. The minimum absolute atomic E-state index is 0.0490. The summed E-state index contributed by atoms with van der Waals surface area (Å²) in [6.45, 7) is 2.00. The molecule has 0 saturated heterocycles. The fraction of sp³-hybridized carbons (Fsp3) is 0.0769. The number of benzene rings is 1. The Bertz CT molecular complexity index is 535. The number of nitrogen functional groups attached to an aromatic ring is 1. The molecule has 4 nitrogen and oxygen atoms in total. The van der Waals surface area contributed by atoms with Gasteiger partial charge in [0.2, 0.25) is 0 Å². The molecule has 1 aromatic carbocycles. The standard InChI is InChI=1S/C13H13N3O/c1-9-3-2-4-10(7-9)17-11-5-6-12(13(14)15)16-8-11/h2-8H,1H3,(H3,14,15). The topological polar surface area (TPSA) is 72.0 Å². The summed E-state index contributed by atoms with van der Waals surface area (Å²) in [5.74, 6) is 1.34. The van der Waals surface area contributed by atoms with E-state index in [0.717, 1.165) is 11.3 Å². The van der Waals surface area contributed by atoms with Crippen LogP contribution in [0.4, 0.5) is 0 Å². The van der Waals surface area contributed by atoms with Gasteiger partial charge in [-0.2, -0.15) is 0 Å². The van der Waals surface area contributed by atoms with E-state index in [9.17, 15) is 0 Å². The lowest BCUT2D eigenvalue weighted by Crippen LogP contribution is -2.12. The van der Waals surface area contributed by atoms with E-state index in [0.29, 0.717) is 11.4 Å². The van der Waals surface area contributed by atoms with Crippen LogP contribution < -0.4 is 10.5 Å². The molecule has 17 heavy (non-hydrogen) atoms. The SMILES string of the molecule is Cc1cccc(Oc2ccc(C(=N)N)nc2)c1. The minimum atomic E-state index is -0.0490. The van der Waals surface area contributed by atoms with Gasteiger partial charge >= 0.3 is 0 Å². The van der Waals surface area contributed by atoms with Crippen molar-refractivity contribution in [3.8, 4) is 11.5 Å². The van der Waals surface area contributed by atoms with Crippen LogP contribution in [-0.2, 0) is 0 Å². The van der Waals surface area contributed by atoms with Crippen LogP contribution in [-0.4, -0.2) is 10.8 Å². The molecule has 0 aliphatic rings. The maximum Gasteiger partial charge on any atom is 0.145 e. The molecule has 2 aromatic rings. The zero-order chi connectivity index (χ0) is 12.3. The van der Waals surface area contributed by atoms with Crippen molar-refractivity contribution in [2.75, 3.05) is 0 Å². The van der Waals surface area contributed by atoms with Gasteiger partial charge in [0.15, 0.2) is 0 Å². The zero-order valence-electron chi connectivity index (χ0n) is 9.47. The summed E-state index contributed by atoms with van der Waals surface area (Å²) in [5.41, 5.74) is 6.90. The third kappa shape index (κ3) is 2.81. The van der Waals surface area contributed by atoms with Gasteiger partial charge in [0.1, 0.15) is 23.0 Å². The molecule has 0 aliphatic carbocycles. The Morgan fingerprint density at radius 3 is 2.65 bits per heavy atom. The highest BCUT2D eigenvalue weighted by atomic mass is 16.5. The molecular formula is C13H13N3O. The van der Waals surface area contributed by atoms with Crippen molar-refractivity contribution in [3.05, 3.63) is 53.9 Å². The molecule has 0 saturated carbocycles. The molecule has 0 atom stereocenters. The number of aryl methyl sites for hydroxylation is 1. The van der Waals surface area contributed by atoms with Crippen LogP contribution in [0.1, 0.15) is 11.3 Å². The van der Waals surface area contributed by atoms with Gasteiger partial charge in [-0.1, -0.05) is 12.1 Å². The molecular weight excluding hydrogens is 214 g/mol. The van der Waals surface area contributed by atoms with Crippen molar-refractivity contribution >= 4 is 5.84 Å². The number of aromatic nitrogens is 1. The Labute approximate surface area is 99.6 Å². The van der Waals surface area contributed by atoms with Gasteiger partial charge in [0.05, 0.1) is 6.20 Å². The van der Waals surface area contributed by atoms with Crippen molar-refractivity contribution in [1.29, 1.82) is 5.41 Å². The molecule has 86 valence electrons. The predicted octanol–water partition coefficient (Wildman–Crippen LogP) is 2.47. The summed E-state index contributed by atoms with van der Waals surface area (Å²) in [6.07, 6.45) is 1.55. The van der Waals surface area contributed by atoms with E-state index in [1.807, 2.05) is 31.2 Å². The average molecular weight is 227 g/mol. The highest BCUT2D eigenvalue weighted by Crippen LogP contribution is 2.21. The highest BCUT2D eigenvalue weighted by Gasteiger charge is 2.00. The number of amidine groups is 1. The third-order valence-corrected chi connectivity index (χ3v) is 2.24. The van der Waals surface area contributed by atoms with Gasteiger partial charge in [-0.05, 0) is 36.8 Å². The first-order valence-electron chi connectivity index (χ1n) is 5.20. The van der Waals surface area contributed by atoms with Gasteiger partial charge in [-0.3, -0.25) is 5.41 Å². The smallest absolute Gasteiger partial charge is 0.145 e. The second-order valence-electron chi connectivity index (χ2n) is 3.71. The van der Waals surface area contributed by atoms with Crippen LogP contribution in [0.5, 0.6) is 11.5 Å². The monoisotopic (exact) mass is 227 g/mol. The number of rotatable bonds is 3. The van der Waals surface area contributed by atoms with Gasteiger partial charge in [0.25, 0.3) is 0 Å². The first kappa shape index (κ1) is 11.1. The molecule has 1 heterocycles. The van der Waals surface area contributed by atoms with E-state index < -0.39 is 0 Å². The molecule has 0 bridgehead atoms. The zero-order valence-corrected chi connectivity index (χ0v) is 9.47. The van der Waals surface area contributed by atoms with Crippen LogP contribution >= 0.6 is 0 Å². The number of pyridine rings is 1. The molecule has 0 amide bonds. The lowest BCUT2D eigenvalue weighted by Gasteiger charge is -2.06. The van der Waals surface area contributed by atoms with E-state index >= 15 is 0 Å². The summed E-state index contributed by atoms with van der Waals surface area (Å²) in [4.78, 5) is 4.02. The molecule has 0 aliphatic heterocycles. The Hall–Kier alpha value is -2.36. The van der Waals surface area contributed by atoms with Crippen molar-refractivity contribution in [1.82, 2.24) is 4.98 Å². The molecule has 0 radical (unpaired) electrons. The summed E-state index contributed by atoms with van der Waals surface area (Å²) in [5, 5.41) is 7.23. The van der Waals surface area contributed by atoms with Crippen LogP contribution in [0, 0.1) is 12.3 Å². The van der Waals surface area contributed by atoms with E-state index in [-0.39, 0.29) is 5.84 Å². The average Bonchev–Trinajstić information content (AvgIpc) is 2.29. The van der Waals surface area contributed by atoms with Crippen molar-refractivity contribution in [3.63, 3.8) is 0 Å². The number of nitrogens with two attached hydrogens (primary N) is 1. The number of nitrogens with zero attached hydrogens (tertiary/aromatic N) is 1. The second-order valence-corrected chi connectivity index (χ2v) is 3.71. The number of hydrogen-bond acceptors (Lipinski definition) is 3. The fourth-order valence-corrected chi connectivity index (χ4v) is 1.41. The normalized spacial score (nSPS) is 9.94. The third-order valence-electron chi connectivity index (χ3n) is 2.24. The lowest BCUT2D eigenvalue weighted by atomic mass is 10.2. The predicted molar refractivity (Wildman–Crippen MR) is 66.5 cm³/mol. The fourth-order valence-electron chi connectivity index (χ4n) is 1.41. The molecule has 0 unspecified atom stereocenters. The Kier molecular flexibility index (Phi) is 3.05. The van der Waals surface area contributed by atoms with Crippen LogP contribution in [0.15, 0.2) is 42.6 Å². The molecule has 4 heteroatoms. The van der Waals surface area contributed by atoms with Crippen LogP contribution in [0.25, 0.3) is 0 Å². The largest absolute Gasteiger partial charge is 0.456 e. The molecule has 0 spiro atoms. The highest BCUT2D eigenvalue weighted by molar-refractivity contribution is 5.92. The number of ether oxygens (including phenoxy) is 1. The summed E-state index contributed by atoms with van der Waals surface area (Å²) in [6, 6.07) is 11.2.